The summed E-state index contributed by atoms with van der Waals surface area (Å²) in [5, 5.41) is 3.85. The van der Waals surface area contributed by atoms with E-state index in [0.29, 0.717) is 34.2 Å². The van der Waals surface area contributed by atoms with Gasteiger partial charge in [0, 0.05) is 41.4 Å². The molecule has 196 valence electrons. The molecule has 7 nitrogen and oxygen atoms in total. The number of pyridine rings is 3. The number of aryl methyl sites for hydroxylation is 1. The number of halogens is 2. The maximum Gasteiger partial charge on any atom is 0.231 e. The lowest BCUT2D eigenvalue weighted by Crippen LogP contribution is -2.16. The van der Waals surface area contributed by atoms with Crippen molar-refractivity contribution in [3.8, 4) is 11.1 Å². The molecule has 1 saturated carbocycles. The number of carbonyl (C=O) groups excluding carboxylic acids is 2. The average Bonchev–Trinajstić information content (AvgIpc) is 3.53. The fourth-order valence-corrected chi connectivity index (χ4v) is 4.22. The summed E-state index contributed by atoms with van der Waals surface area (Å²) in [5.74, 6) is -0.645. The average molecular weight is 526 g/mol. The van der Waals surface area contributed by atoms with Crippen molar-refractivity contribution in [2.45, 2.75) is 67.0 Å². The molecule has 5 rings (SSSR count). The number of ketones is 1. The first-order valence-corrected chi connectivity index (χ1v) is 13.2. The second-order valence-corrected chi connectivity index (χ2v) is 8.72. The third kappa shape index (κ3) is 5.80. The van der Waals surface area contributed by atoms with E-state index < -0.39 is 12.1 Å². The first-order valence-electron chi connectivity index (χ1n) is 12.8. The van der Waals surface area contributed by atoms with Gasteiger partial charge < -0.3 is 5.32 Å². The maximum atomic E-state index is 13.2. The van der Waals surface area contributed by atoms with E-state index in [4.69, 9.17) is 11.6 Å². The molecule has 4 heterocycles. The molecular formula is C28H33ClFN5O2. The monoisotopic (exact) mass is 525 g/mol. The maximum absolute atomic E-state index is 13.2. The minimum atomic E-state index is -1.08. The molecule has 0 bridgehead atoms. The van der Waals surface area contributed by atoms with Gasteiger partial charge in [-0.25, -0.2) is 14.4 Å². The molecule has 4 aromatic heterocycles. The van der Waals surface area contributed by atoms with Crippen LogP contribution in [-0.2, 0) is 4.79 Å². The van der Waals surface area contributed by atoms with Gasteiger partial charge in [0.25, 0.3) is 0 Å². The molecule has 1 N–H and O–H groups in total. The summed E-state index contributed by atoms with van der Waals surface area (Å²) in [4.78, 5) is 37.6. The molecule has 2 atom stereocenters. The topological polar surface area (TPSA) is 89.2 Å². The number of alkyl halides is 1. The van der Waals surface area contributed by atoms with Crippen LogP contribution in [0.15, 0.2) is 36.8 Å². The van der Waals surface area contributed by atoms with Gasteiger partial charge >= 0.3 is 0 Å². The van der Waals surface area contributed by atoms with Gasteiger partial charge in [0.05, 0.1) is 17.6 Å². The third-order valence-corrected chi connectivity index (χ3v) is 6.14. The molecule has 1 aliphatic carbocycles. The highest BCUT2D eigenvalue weighted by Crippen LogP contribution is 2.36. The molecule has 1 aliphatic rings. The van der Waals surface area contributed by atoms with Gasteiger partial charge in [-0.15, -0.1) is 0 Å². The van der Waals surface area contributed by atoms with Crippen molar-refractivity contribution in [3.63, 3.8) is 0 Å². The normalized spacial score (nSPS) is 15.9. The van der Waals surface area contributed by atoms with Crippen LogP contribution in [0.25, 0.3) is 27.7 Å². The van der Waals surface area contributed by atoms with Gasteiger partial charge in [-0.1, -0.05) is 46.2 Å². The lowest BCUT2D eigenvalue weighted by atomic mass is 10.0. The molecule has 0 saturated heterocycles. The third-order valence-electron chi connectivity index (χ3n) is 5.88. The Hall–Kier alpha value is -3.39. The van der Waals surface area contributed by atoms with Gasteiger partial charge in [0.1, 0.15) is 28.5 Å². The summed E-state index contributed by atoms with van der Waals surface area (Å²) in [7, 11) is 0. The van der Waals surface area contributed by atoms with E-state index in [1.54, 1.807) is 35.1 Å². The molecule has 9 heteroatoms. The summed E-state index contributed by atoms with van der Waals surface area (Å²) in [6.07, 6.45) is 5.26. The van der Waals surface area contributed by atoms with E-state index in [2.05, 4.69) is 20.3 Å². The predicted molar refractivity (Wildman–Crippen MR) is 147 cm³/mol. The molecule has 0 radical (unpaired) electrons. The summed E-state index contributed by atoms with van der Waals surface area (Å²) in [5.41, 5.74) is 4.29. The molecule has 4 aromatic rings. The van der Waals surface area contributed by atoms with Crippen molar-refractivity contribution in [1.29, 1.82) is 0 Å². The van der Waals surface area contributed by atoms with E-state index in [0.717, 1.165) is 28.5 Å². The summed E-state index contributed by atoms with van der Waals surface area (Å²) >= 11 is 6.47. The van der Waals surface area contributed by atoms with Crippen molar-refractivity contribution in [2.24, 2.45) is 5.92 Å². The minimum absolute atomic E-state index is 0.0173. The van der Waals surface area contributed by atoms with Gasteiger partial charge in [0.2, 0.25) is 5.91 Å². The van der Waals surface area contributed by atoms with Crippen LogP contribution >= 0.6 is 11.6 Å². The fraction of sp³-hybridized carbons (Fsp3) is 0.393. The SMILES string of the molecule is CC.CC.CCCC(=O)c1cc(C)c(-c2cc3cnc(NC(=O)C4CC4F)cc3n3c(Cl)cnc23)cn1. The van der Waals surface area contributed by atoms with Crippen LogP contribution in [0.5, 0.6) is 0 Å². The van der Waals surface area contributed by atoms with Crippen LogP contribution in [0.3, 0.4) is 0 Å². The number of nitrogens with one attached hydrogen (secondary N) is 1. The standard InChI is InChI=1S/C24H21ClFN5O2.2C2H6/c1-3-4-20(32)18-5-12(2)16(10-27-18)14-6-13-9-28-22(30-24(33)15-7-17(15)26)8-19(13)31-21(25)11-29-23(14)31;2*1-2/h5-6,8-11,15,17H,3-4,7H2,1-2H3,(H,28,30,33);2*1-2H3. The first-order chi connectivity index (χ1) is 17.9. The second kappa shape index (κ2) is 12.2. The Kier molecular flexibility index (Phi) is 9.32. The predicted octanol–water partition coefficient (Wildman–Crippen LogP) is 7.24. The molecule has 1 fully saturated rings. The molecule has 37 heavy (non-hydrogen) atoms. The summed E-state index contributed by atoms with van der Waals surface area (Å²) in [6, 6.07) is 5.43. The van der Waals surface area contributed by atoms with E-state index in [1.165, 1.54) is 0 Å². The van der Waals surface area contributed by atoms with E-state index >= 15 is 0 Å². The highest BCUT2D eigenvalue weighted by molar-refractivity contribution is 6.30. The van der Waals surface area contributed by atoms with Crippen LogP contribution < -0.4 is 5.32 Å². The summed E-state index contributed by atoms with van der Waals surface area (Å²) in [6.45, 7) is 11.9. The zero-order valence-electron chi connectivity index (χ0n) is 22.1. The number of Topliss-reactive ketones (excluding diaryl/α,β-unsaturated/α-hetero) is 1. The number of carbonyl (C=O) groups is 2. The van der Waals surface area contributed by atoms with E-state index in [1.807, 2.05) is 47.6 Å². The Balaban J connectivity index is 0.000000907. The number of rotatable bonds is 6. The second-order valence-electron chi connectivity index (χ2n) is 8.33. The van der Waals surface area contributed by atoms with Crippen LogP contribution in [0.1, 0.15) is 69.9 Å². The van der Waals surface area contributed by atoms with Gasteiger partial charge in [0.15, 0.2) is 5.78 Å². The Labute approximate surface area is 221 Å². The lowest BCUT2D eigenvalue weighted by Gasteiger charge is -2.13. The van der Waals surface area contributed by atoms with Gasteiger partial charge in [-0.2, -0.15) is 0 Å². The zero-order valence-corrected chi connectivity index (χ0v) is 22.9. The van der Waals surface area contributed by atoms with Crippen molar-refractivity contribution < 1.29 is 14.0 Å². The number of hydrogen-bond donors (Lipinski definition) is 1. The van der Waals surface area contributed by atoms with Crippen molar-refractivity contribution >= 4 is 45.7 Å². The van der Waals surface area contributed by atoms with Gasteiger partial charge in [-0.05, 0) is 37.5 Å². The molecule has 0 spiro atoms. The lowest BCUT2D eigenvalue weighted by molar-refractivity contribution is -0.117. The van der Waals surface area contributed by atoms with Crippen LogP contribution in [-0.4, -0.2) is 37.2 Å². The molecule has 0 aliphatic heterocycles. The van der Waals surface area contributed by atoms with E-state index in [-0.39, 0.29) is 18.1 Å². The van der Waals surface area contributed by atoms with Crippen LogP contribution in [0, 0.1) is 12.8 Å². The smallest absolute Gasteiger partial charge is 0.231 e. The van der Waals surface area contributed by atoms with Crippen molar-refractivity contribution in [3.05, 3.63) is 53.2 Å². The number of hydrogen-bond acceptors (Lipinski definition) is 5. The molecule has 0 aromatic carbocycles. The zero-order chi connectivity index (χ0) is 27.3. The fourth-order valence-electron chi connectivity index (χ4n) is 4.00. The first kappa shape index (κ1) is 28.2. The van der Waals surface area contributed by atoms with Crippen molar-refractivity contribution in [2.75, 3.05) is 5.32 Å². The molecule has 2 unspecified atom stereocenters. The van der Waals surface area contributed by atoms with Crippen molar-refractivity contribution in [1.82, 2.24) is 19.4 Å². The van der Waals surface area contributed by atoms with Gasteiger partial charge in [-0.3, -0.25) is 19.0 Å². The Bertz CT molecular complexity index is 1440. The molecular weight excluding hydrogens is 493 g/mol. The Morgan fingerprint density at radius 2 is 1.76 bits per heavy atom. The number of aromatic nitrogens is 4. The highest BCUT2D eigenvalue weighted by atomic mass is 35.5. The number of fused-ring (bicyclic) bond motifs is 3. The number of imidazole rings is 1. The Morgan fingerprint density at radius 3 is 2.38 bits per heavy atom. The largest absolute Gasteiger partial charge is 0.310 e. The minimum Gasteiger partial charge on any atom is -0.310 e. The number of nitrogens with zero attached hydrogens (tertiary/aromatic N) is 4. The highest BCUT2D eigenvalue weighted by Gasteiger charge is 2.43. The molecule has 1 amide bonds. The van der Waals surface area contributed by atoms with Crippen LogP contribution in [0.2, 0.25) is 5.15 Å². The number of anilines is 1. The quantitative estimate of drug-likeness (QED) is 0.268. The summed E-state index contributed by atoms with van der Waals surface area (Å²) < 4.78 is 15.0. The van der Waals surface area contributed by atoms with E-state index in [9.17, 15) is 14.0 Å². The van der Waals surface area contributed by atoms with Crippen LogP contribution in [0.4, 0.5) is 10.2 Å². The Morgan fingerprint density at radius 1 is 1.05 bits per heavy atom. The number of amides is 1.